The van der Waals surface area contributed by atoms with Crippen molar-refractivity contribution in [3.8, 4) is 0 Å². The van der Waals surface area contributed by atoms with E-state index in [2.05, 4.69) is 0 Å². The maximum absolute atomic E-state index is 10.7. The lowest BCUT2D eigenvalue weighted by Gasteiger charge is -1.98. The second kappa shape index (κ2) is 2.27. The number of ketones is 2. The summed E-state index contributed by atoms with van der Waals surface area (Å²) in [4.78, 5) is 21.4. The van der Waals surface area contributed by atoms with Crippen LogP contribution in [0.1, 0.15) is 12.8 Å². The Morgan fingerprint density at radius 2 is 1.78 bits per heavy atom. The molecule has 1 aliphatic carbocycles. The molecule has 50 valence electrons. The molecule has 3 heteroatoms. The summed E-state index contributed by atoms with van der Waals surface area (Å²) in [5, 5.41) is 0. The van der Waals surface area contributed by atoms with Gasteiger partial charge in [-0.2, -0.15) is 0 Å². The first-order chi connectivity index (χ1) is 4.25. The van der Waals surface area contributed by atoms with Crippen molar-refractivity contribution in [3.63, 3.8) is 0 Å². The molecule has 2 N–H and O–H groups in total. The first kappa shape index (κ1) is 6.42. The maximum atomic E-state index is 10.7. The van der Waals surface area contributed by atoms with Crippen molar-refractivity contribution in [1.29, 1.82) is 0 Å². The molecular formula is C6H9NO2. The molecule has 1 saturated carbocycles. The first-order valence-corrected chi connectivity index (χ1v) is 3.01. The average molecular weight is 127 g/mol. The van der Waals surface area contributed by atoms with E-state index >= 15 is 0 Å². The fraction of sp³-hybridized carbons (Fsp3) is 0.667. The molecule has 0 amide bonds. The number of carbonyl (C=O) groups excluding carboxylic acids is 2. The maximum Gasteiger partial charge on any atom is 0.145 e. The van der Waals surface area contributed by atoms with Crippen molar-refractivity contribution in [2.24, 2.45) is 11.7 Å². The molecule has 0 bridgehead atoms. The number of rotatable bonds is 1. The van der Waals surface area contributed by atoms with E-state index in [1.54, 1.807) is 0 Å². The smallest absolute Gasteiger partial charge is 0.145 e. The van der Waals surface area contributed by atoms with E-state index < -0.39 is 5.92 Å². The van der Waals surface area contributed by atoms with Gasteiger partial charge in [-0.15, -0.1) is 0 Å². The Kier molecular flexibility index (Phi) is 1.62. The molecule has 0 spiro atoms. The summed E-state index contributed by atoms with van der Waals surface area (Å²) in [7, 11) is 0. The van der Waals surface area contributed by atoms with Crippen LogP contribution in [0.15, 0.2) is 0 Å². The van der Waals surface area contributed by atoms with Crippen molar-refractivity contribution in [2.75, 3.05) is 6.54 Å². The molecule has 0 unspecified atom stereocenters. The van der Waals surface area contributed by atoms with E-state index in [4.69, 9.17) is 5.73 Å². The summed E-state index contributed by atoms with van der Waals surface area (Å²) in [6.07, 6.45) is 0.807. The van der Waals surface area contributed by atoms with Crippen LogP contribution in [0, 0.1) is 5.92 Å². The molecule has 0 atom stereocenters. The molecule has 0 aromatic rings. The van der Waals surface area contributed by atoms with Gasteiger partial charge in [0.2, 0.25) is 0 Å². The number of hydrogen-bond acceptors (Lipinski definition) is 3. The first-order valence-electron chi connectivity index (χ1n) is 3.01. The van der Waals surface area contributed by atoms with Gasteiger partial charge in [0, 0.05) is 19.4 Å². The zero-order chi connectivity index (χ0) is 6.85. The van der Waals surface area contributed by atoms with Crippen LogP contribution < -0.4 is 5.73 Å². The lowest BCUT2D eigenvalue weighted by atomic mass is 10.1. The molecule has 0 saturated heterocycles. The van der Waals surface area contributed by atoms with E-state index in [-0.39, 0.29) is 18.1 Å². The minimum atomic E-state index is -0.468. The highest BCUT2D eigenvalue weighted by atomic mass is 16.2. The molecular weight excluding hydrogens is 118 g/mol. The summed E-state index contributed by atoms with van der Waals surface area (Å²) in [6, 6.07) is 0. The van der Waals surface area contributed by atoms with Gasteiger partial charge in [-0.25, -0.2) is 0 Å². The van der Waals surface area contributed by atoms with Crippen molar-refractivity contribution >= 4 is 11.6 Å². The second-order valence-corrected chi connectivity index (χ2v) is 2.22. The van der Waals surface area contributed by atoms with Crippen LogP contribution in [-0.2, 0) is 9.59 Å². The lowest BCUT2D eigenvalue weighted by Crippen LogP contribution is -2.23. The molecule has 0 heterocycles. The zero-order valence-corrected chi connectivity index (χ0v) is 5.09. The predicted molar refractivity (Wildman–Crippen MR) is 31.8 cm³/mol. The fourth-order valence-corrected chi connectivity index (χ4v) is 1.04. The summed E-state index contributed by atoms with van der Waals surface area (Å²) >= 11 is 0. The van der Waals surface area contributed by atoms with E-state index in [0.717, 1.165) is 0 Å². The number of carbonyl (C=O) groups is 2. The second-order valence-electron chi connectivity index (χ2n) is 2.22. The van der Waals surface area contributed by atoms with Gasteiger partial charge in [-0.1, -0.05) is 0 Å². The summed E-state index contributed by atoms with van der Waals surface area (Å²) in [5.74, 6) is -0.435. The van der Waals surface area contributed by atoms with E-state index in [1.807, 2.05) is 0 Å². The third kappa shape index (κ3) is 1.00. The SMILES string of the molecule is NCC1C(=O)CCC1=O. The Hall–Kier alpha value is -0.700. The number of nitrogens with two attached hydrogens (primary N) is 1. The minimum Gasteiger partial charge on any atom is -0.329 e. The molecule has 9 heavy (non-hydrogen) atoms. The molecule has 0 aromatic heterocycles. The largest absolute Gasteiger partial charge is 0.329 e. The van der Waals surface area contributed by atoms with Crippen molar-refractivity contribution in [3.05, 3.63) is 0 Å². The van der Waals surface area contributed by atoms with Crippen LogP contribution in [0.25, 0.3) is 0 Å². The van der Waals surface area contributed by atoms with Gasteiger partial charge in [0.05, 0.1) is 5.92 Å². The van der Waals surface area contributed by atoms with E-state index in [1.165, 1.54) is 0 Å². The molecule has 1 fully saturated rings. The Labute approximate surface area is 53.2 Å². The number of Topliss-reactive ketones (excluding diaryl/α,β-unsaturated/α-hetero) is 2. The minimum absolute atomic E-state index is 0.0162. The van der Waals surface area contributed by atoms with Crippen LogP contribution in [0.3, 0.4) is 0 Å². The summed E-state index contributed by atoms with van der Waals surface area (Å²) in [6.45, 7) is 0.192. The van der Waals surface area contributed by atoms with E-state index in [0.29, 0.717) is 12.8 Å². The fourth-order valence-electron chi connectivity index (χ4n) is 1.04. The van der Waals surface area contributed by atoms with Gasteiger partial charge in [-0.05, 0) is 0 Å². The van der Waals surface area contributed by atoms with Crippen molar-refractivity contribution < 1.29 is 9.59 Å². The molecule has 3 nitrogen and oxygen atoms in total. The standard InChI is InChI=1S/C6H9NO2/c7-3-4-5(8)1-2-6(4)9/h4H,1-3,7H2. The Morgan fingerprint density at radius 1 is 1.33 bits per heavy atom. The topological polar surface area (TPSA) is 60.2 Å². The van der Waals surface area contributed by atoms with Gasteiger partial charge in [0.1, 0.15) is 11.6 Å². The van der Waals surface area contributed by atoms with Crippen molar-refractivity contribution in [1.82, 2.24) is 0 Å². The molecule has 0 radical (unpaired) electrons. The number of hydrogen-bond donors (Lipinski definition) is 1. The van der Waals surface area contributed by atoms with Gasteiger partial charge in [-0.3, -0.25) is 9.59 Å². The summed E-state index contributed by atoms with van der Waals surface area (Å²) in [5.41, 5.74) is 5.17. The van der Waals surface area contributed by atoms with Crippen LogP contribution in [0.2, 0.25) is 0 Å². The van der Waals surface area contributed by atoms with Gasteiger partial charge < -0.3 is 5.73 Å². The summed E-state index contributed by atoms with van der Waals surface area (Å²) < 4.78 is 0. The van der Waals surface area contributed by atoms with Crippen LogP contribution in [-0.4, -0.2) is 18.1 Å². The third-order valence-electron chi connectivity index (χ3n) is 1.63. The highest BCUT2D eigenvalue weighted by Gasteiger charge is 2.30. The Morgan fingerprint density at radius 3 is 2.00 bits per heavy atom. The van der Waals surface area contributed by atoms with E-state index in [9.17, 15) is 9.59 Å². The Bertz CT molecular complexity index is 137. The average Bonchev–Trinajstić information content (AvgIpc) is 2.12. The van der Waals surface area contributed by atoms with Crippen molar-refractivity contribution in [2.45, 2.75) is 12.8 Å². The molecule has 0 aliphatic heterocycles. The Balaban J connectivity index is 2.66. The highest BCUT2D eigenvalue weighted by Crippen LogP contribution is 2.15. The van der Waals surface area contributed by atoms with Gasteiger partial charge in [0.25, 0.3) is 0 Å². The third-order valence-corrected chi connectivity index (χ3v) is 1.63. The van der Waals surface area contributed by atoms with Gasteiger partial charge in [0.15, 0.2) is 0 Å². The van der Waals surface area contributed by atoms with Crippen LogP contribution in [0.4, 0.5) is 0 Å². The molecule has 1 rings (SSSR count). The normalized spacial score (nSPS) is 21.4. The monoisotopic (exact) mass is 127 g/mol. The lowest BCUT2D eigenvalue weighted by molar-refractivity contribution is -0.126. The zero-order valence-electron chi connectivity index (χ0n) is 5.09. The van der Waals surface area contributed by atoms with Gasteiger partial charge >= 0.3 is 0 Å². The predicted octanol–water partition coefficient (Wildman–Crippen LogP) is -0.507. The highest BCUT2D eigenvalue weighted by molar-refractivity contribution is 6.08. The van der Waals surface area contributed by atoms with Crippen LogP contribution >= 0.6 is 0 Å². The molecule has 0 aromatic carbocycles. The molecule has 1 aliphatic rings. The van der Waals surface area contributed by atoms with Crippen LogP contribution in [0.5, 0.6) is 0 Å². The quantitative estimate of drug-likeness (QED) is 0.483.